The minimum Gasteiger partial charge on any atom is -0.453 e. The van der Waals surface area contributed by atoms with Crippen LogP contribution in [0, 0.1) is 0 Å². The third-order valence-electron chi connectivity index (χ3n) is 4.30. The standard InChI is InChI=1S/C18H25BrN2O3/c1-24-18(23)21-12-4-11-20(13-14-21)17(22)6-3-2-5-15-7-9-16(19)10-8-15/h7-10H,2-6,11-14H2,1H3. The molecule has 1 aliphatic heterocycles. The maximum absolute atomic E-state index is 12.3. The third kappa shape index (κ3) is 5.82. The summed E-state index contributed by atoms with van der Waals surface area (Å²) in [7, 11) is 1.39. The molecule has 132 valence electrons. The molecular formula is C18H25BrN2O3. The molecule has 0 N–H and O–H groups in total. The van der Waals surface area contributed by atoms with Gasteiger partial charge in [-0.05, 0) is 43.4 Å². The Morgan fingerprint density at radius 1 is 1.04 bits per heavy atom. The summed E-state index contributed by atoms with van der Waals surface area (Å²) in [5, 5.41) is 0. The van der Waals surface area contributed by atoms with Gasteiger partial charge in [0.1, 0.15) is 0 Å². The molecule has 6 heteroatoms. The summed E-state index contributed by atoms with van der Waals surface area (Å²) in [6, 6.07) is 8.32. The fraction of sp³-hybridized carbons (Fsp3) is 0.556. The largest absolute Gasteiger partial charge is 0.453 e. The number of hydrogen-bond acceptors (Lipinski definition) is 3. The number of hydrogen-bond donors (Lipinski definition) is 0. The summed E-state index contributed by atoms with van der Waals surface area (Å²) in [6.45, 7) is 2.52. The van der Waals surface area contributed by atoms with Crippen LogP contribution in [0.1, 0.15) is 31.2 Å². The van der Waals surface area contributed by atoms with Crippen LogP contribution >= 0.6 is 15.9 Å². The summed E-state index contributed by atoms with van der Waals surface area (Å²) >= 11 is 3.43. The van der Waals surface area contributed by atoms with Gasteiger partial charge in [-0.15, -0.1) is 0 Å². The second kappa shape index (κ2) is 9.67. The number of benzene rings is 1. The highest BCUT2D eigenvalue weighted by atomic mass is 79.9. The van der Waals surface area contributed by atoms with Gasteiger partial charge >= 0.3 is 6.09 Å². The number of rotatable bonds is 5. The topological polar surface area (TPSA) is 49.9 Å². The van der Waals surface area contributed by atoms with Crippen molar-refractivity contribution in [2.45, 2.75) is 32.1 Å². The summed E-state index contributed by atoms with van der Waals surface area (Å²) in [5.41, 5.74) is 1.30. The van der Waals surface area contributed by atoms with Crippen molar-refractivity contribution >= 4 is 27.9 Å². The van der Waals surface area contributed by atoms with Crippen LogP contribution in [0.15, 0.2) is 28.7 Å². The quantitative estimate of drug-likeness (QED) is 0.715. The van der Waals surface area contributed by atoms with Gasteiger partial charge in [0.15, 0.2) is 0 Å². The van der Waals surface area contributed by atoms with Gasteiger partial charge < -0.3 is 14.5 Å². The summed E-state index contributed by atoms with van der Waals surface area (Å²) in [6.07, 6.45) is 3.98. The van der Waals surface area contributed by atoms with Gasteiger partial charge in [0.2, 0.25) is 5.91 Å². The van der Waals surface area contributed by atoms with Gasteiger partial charge in [0.05, 0.1) is 7.11 Å². The number of halogens is 1. The van der Waals surface area contributed by atoms with Crippen molar-refractivity contribution in [3.63, 3.8) is 0 Å². The minimum atomic E-state index is -0.307. The van der Waals surface area contributed by atoms with E-state index in [0.29, 0.717) is 26.1 Å². The van der Waals surface area contributed by atoms with Crippen molar-refractivity contribution in [2.24, 2.45) is 0 Å². The summed E-state index contributed by atoms with van der Waals surface area (Å²) in [4.78, 5) is 27.4. The smallest absolute Gasteiger partial charge is 0.409 e. The van der Waals surface area contributed by atoms with Crippen LogP contribution in [0.4, 0.5) is 4.79 Å². The molecular weight excluding hydrogens is 372 g/mol. The van der Waals surface area contributed by atoms with E-state index < -0.39 is 0 Å². The van der Waals surface area contributed by atoms with Crippen LogP contribution < -0.4 is 0 Å². The predicted octanol–water partition coefficient (Wildman–Crippen LogP) is 3.46. The van der Waals surface area contributed by atoms with E-state index in [1.165, 1.54) is 12.7 Å². The average molecular weight is 397 g/mol. The van der Waals surface area contributed by atoms with Crippen LogP contribution in [-0.2, 0) is 16.0 Å². The molecule has 1 aliphatic rings. The fourth-order valence-electron chi connectivity index (χ4n) is 2.89. The number of aryl methyl sites for hydroxylation is 1. The molecule has 24 heavy (non-hydrogen) atoms. The Hall–Kier alpha value is -1.56. The fourth-order valence-corrected chi connectivity index (χ4v) is 3.16. The summed E-state index contributed by atoms with van der Waals surface area (Å²) in [5.74, 6) is 0.192. The zero-order chi connectivity index (χ0) is 17.4. The molecule has 1 saturated heterocycles. The summed E-state index contributed by atoms with van der Waals surface area (Å²) < 4.78 is 5.84. The lowest BCUT2D eigenvalue weighted by Gasteiger charge is -2.21. The van der Waals surface area contributed by atoms with E-state index in [1.807, 2.05) is 17.0 Å². The van der Waals surface area contributed by atoms with Crippen LogP contribution in [0.5, 0.6) is 0 Å². The molecule has 0 aliphatic carbocycles. The van der Waals surface area contributed by atoms with Crippen molar-refractivity contribution in [1.82, 2.24) is 9.80 Å². The minimum absolute atomic E-state index is 0.192. The van der Waals surface area contributed by atoms with Crippen LogP contribution in [0.25, 0.3) is 0 Å². The molecule has 1 fully saturated rings. The third-order valence-corrected chi connectivity index (χ3v) is 4.83. The molecule has 2 amide bonds. The molecule has 1 aromatic rings. The number of carbonyl (C=O) groups excluding carboxylic acids is 2. The van der Waals surface area contributed by atoms with E-state index in [0.717, 1.165) is 36.7 Å². The maximum Gasteiger partial charge on any atom is 0.409 e. The first kappa shape index (κ1) is 18.8. The monoisotopic (exact) mass is 396 g/mol. The molecule has 0 radical (unpaired) electrons. The second-order valence-electron chi connectivity index (χ2n) is 6.02. The number of carbonyl (C=O) groups is 2. The number of amides is 2. The molecule has 0 aromatic heterocycles. The van der Waals surface area contributed by atoms with E-state index in [1.54, 1.807) is 4.90 Å². The van der Waals surface area contributed by atoms with Gasteiger partial charge in [-0.2, -0.15) is 0 Å². The Balaban J connectivity index is 1.68. The van der Waals surface area contributed by atoms with Gasteiger partial charge in [-0.1, -0.05) is 28.1 Å². The molecule has 5 nitrogen and oxygen atoms in total. The molecule has 0 saturated carbocycles. The number of nitrogens with zero attached hydrogens (tertiary/aromatic N) is 2. The highest BCUT2D eigenvalue weighted by Crippen LogP contribution is 2.14. The zero-order valence-corrected chi connectivity index (χ0v) is 15.8. The Labute approximate surface area is 152 Å². The van der Waals surface area contributed by atoms with Crippen LogP contribution in [-0.4, -0.2) is 55.1 Å². The highest BCUT2D eigenvalue weighted by molar-refractivity contribution is 9.10. The van der Waals surface area contributed by atoms with E-state index in [4.69, 9.17) is 4.74 Å². The van der Waals surface area contributed by atoms with Crippen molar-refractivity contribution in [3.05, 3.63) is 34.3 Å². The van der Waals surface area contributed by atoms with E-state index >= 15 is 0 Å². The first-order valence-electron chi connectivity index (χ1n) is 8.45. The van der Waals surface area contributed by atoms with E-state index in [2.05, 4.69) is 28.1 Å². The van der Waals surface area contributed by atoms with Crippen LogP contribution in [0.2, 0.25) is 0 Å². The lowest BCUT2D eigenvalue weighted by Crippen LogP contribution is -2.37. The van der Waals surface area contributed by atoms with Gasteiger partial charge in [0.25, 0.3) is 0 Å². The van der Waals surface area contributed by atoms with Crippen LogP contribution in [0.3, 0.4) is 0 Å². The molecule has 2 rings (SSSR count). The Morgan fingerprint density at radius 2 is 1.71 bits per heavy atom. The first-order valence-corrected chi connectivity index (χ1v) is 9.24. The van der Waals surface area contributed by atoms with Crippen molar-refractivity contribution < 1.29 is 14.3 Å². The predicted molar refractivity (Wildman–Crippen MR) is 96.9 cm³/mol. The molecule has 0 spiro atoms. The maximum atomic E-state index is 12.3. The average Bonchev–Trinajstić information content (AvgIpc) is 2.85. The first-order chi connectivity index (χ1) is 11.6. The molecule has 1 aromatic carbocycles. The van der Waals surface area contributed by atoms with Crippen molar-refractivity contribution in [1.29, 1.82) is 0 Å². The Kier molecular flexibility index (Phi) is 7.56. The SMILES string of the molecule is COC(=O)N1CCCN(C(=O)CCCCc2ccc(Br)cc2)CC1. The molecule has 0 unspecified atom stereocenters. The van der Waals surface area contributed by atoms with Gasteiger partial charge in [-0.25, -0.2) is 4.79 Å². The van der Waals surface area contributed by atoms with Gasteiger partial charge in [0, 0.05) is 37.1 Å². The lowest BCUT2D eigenvalue weighted by molar-refractivity contribution is -0.131. The normalized spacial score (nSPS) is 15.1. The molecule has 1 heterocycles. The zero-order valence-electron chi connectivity index (χ0n) is 14.2. The molecule has 0 atom stereocenters. The lowest BCUT2D eigenvalue weighted by atomic mass is 10.1. The Morgan fingerprint density at radius 3 is 2.42 bits per heavy atom. The van der Waals surface area contributed by atoms with E-state index in [9.17, 15) is 9.59 Å². The van der Waals surface area contributed by atoms with Gasteiger partial charge in [-0.3, -0.25) is 4.79 Å². The van der Waals surface area contributed by atoms with E-state index in [-0.39, 0.29) is 12.0 Å². The van der Waals surface area contributed by atoms with Crippen molar-refractivity contribution in [2.75, 3.05) is 33.3 Å². The highest BCUT2D eigenvalue weighted by Gasteiger charge is 2.21. The molecule has 0 bridgehead atoms. The second-order valence-corrected chi connectivity index (χ2v) is 6.94. The number of ether oxygens (including phenoxy) is 1. The van der Waals surface area contributed by atoms with Crippen molar-refractivity contribution in [3.8, 4) is 0 Å². The number of methoxy groups -OCH3 is 1. The Bertz CT molecular complexity index is 548. The number of unbranched alkanes of at least 4 members (excludes halogenated alkanes) is 1.